The van der Waals surface area contributed by atoms with Crippen LogP contribution in [0.25, 0.3) is 0 Å². The molecule has 212 valence electrons. The normalized spacial score (nSPS) is 14.5. The van der Waals surface area contributed by atoms with E-state index >= 15 is 0 Å². The number of pyridine rings is 1. The fraction of sp³-hybridized carbons (Fsp3) is 0.333. The molecule has 8 heteroatoms. The van der Waals surface area contributed by atoms with E-state index in [1.54, 1.807) is 6.20 Å². The van der Waals surface area contributed by atoms with Gasteiger partial charge in [0.25, 0.3) is 5.91 Å². The van der Waals surface area contributed by atoms with Crippen molar-refractivity contribution in [3.8, 4) is 5.75 Å². The molecule has 0 fully saturated rings. The van der Waals surface area contributed by atoms with E-state index in [2.05, 4.69) is 66.4 Å². The molecule has 41 heavy (non-hydrogen) atoms. The average molecular weight is 553 g/mol. The topological polar surface area (TPSA) is 97.6 Å². The molecule has 0 bridgehead atoms. The maximum atomic E-state index is 13.3. The van der Waals surface area contributed by atoms with E-state index in [1.165, 1.54) is 17.4 Å². The zero-order valence-electron chi connectivity index (χ0n) is 23.8. The number of benzene rings is 2. The molecular weight excluding hydrogens is 516 g/mol. The van der Waals surface area contributed by atoms with Gasteiger partial charge in [0.05, 0.1) is 6.04 Å². The second-order valence-corrected chi connectivity index (χ2v) is 10.9. The number of nitrogens with zero attached hydrogens (tertiary/aromatic N) is 3. The van der Waals surface area contributed by atoms with Crippen LogP contribution in [0.15, 0.2) is 77.5 Å². The van der Waals surface area contributed by atoms with Gasteiger partial charge < -0.3 is 19.4 Å². The Kier molecular flexibility index (Phi) is 8.77. The molecule has 0 spiro atoms. The first-order chi connectivity index (χ1) is 19.9. The van der Waals surface area contributed by atoms with Crippen LogP contribution in [0.4, 0.5) is 0 Å². The molecule has 1 aliphatic heterocycles. The lowest BCUT2D eigenvalue weighted by Crippen LogP contribution is -2.41. The molecule has 0 radical (unpaired) electrons. The first-order valence-corrected chi connectivity index (χ1v) is 14.1. The third-order valence-electron chi connectivity index (χ3n) is 7.18. The van der Waals surface area contributed by atoms with Gasteiger partial charge in [0, 0.05) is 37.8 Å². The van der Waals surface area contributed by atoms with E-state index in [9.17, 15) is 9.59 Å². The van der Waals surface area contributed by atoms with Crippen molar-refractivity contribution in [2.45, 2.75) is 52.7 Å². The summed E-state index contributed by atoms with van der Waals surface area (Å²) in [6, 6.07) is 19.9. The van der Waals surface area contributed by atoms with Crippen molar-refractivity contribution in [3.63, 3.8) is 0 Å². The van der Waals surface area contributed by atoms with Gasteiger partial charge >= 0.3 is 0 Å². The molecule has 4 aromatic rings. The van der Waals surface area contributed by atoms with Crippen molar-refractivity contribution in [1.82, 2.24) is 20.2 Å². The van der Waals surface area contributed by atoms with Crippen LogP contribution in [0.1, 0.15) is 70.6 Å². The average Bonchev–Trinajstić information content (AvgIpc) is 3.45. The van der Waals surface area contributed by atoms with Gasteiger partial charge in [-0.3, -0.25) is 14.6 Å². The second kappa shape index (κ2) is 12.8. The zero-order valence-corrected chi connectivity index (χ0v) is 23.8. The Bertz CT molecular complexity index is 1480. The molecule has 1 N–H and O–H groups in total. The van der Waals surface area contributed by atoms with Crippen LogP contribution in [0, 0.1) is 12.8 Å². The number of aromatic nitrogens is 2. The summed E-state index contributed by atoms with van der Waals surface area (Å²) in [6.45, 7) is 7.41. The number of carbonyl (C=O) groups is 2. The molecular formula is C33H36N4O4. The van der Waals surface area contributed by atoms with E-state index in [0.29, 0.717) is 37.6 Å². The zero-order chi connectivity index (χ0) is 28.8. The molecule has 0 unspecified atom stereocenters. The van der Waals surface area contributed by atoms with Crippen LogP contribution in [-0.4, -0.2) is 39.8 Å². The van der Waals surface area contributed by atoms with Gasteiger partial charge in [-0.25, -0.2) is 4.98 Å². The lowest BCUT2D eigenvalue weighted by atomic mass is 9.87. The maximum Gasteiger partial charge on any atom is 0.273 e. The smallest absolute Gasteiger partial charge is 0.273 e. The van der Waals surface area contributed by atoms with Crippen LogP contribution < -0.4 is 10.1 Å². The molecule has 2 amide bonds. The highest BCUT2D eigenvalue weighted by Crippen LogP contribution is 2.38. The molecule has 0 saturated carbocycles. The number of hydrogen-bond acceptors (Lipinski definition) is 6. The Balaban J connectivity index is 1.27. The minimum Gasteiger partial charge on any atom is -0.484 e. The first-order valence-electron chi connectivity index (χ1n) is 14.1. The first kappa shape index (κ1) is 28.1. The van der Waals surface area contributed by atoms with E-state index in [4.69, 9.17) is 9.15 Å². The summed E-state index contributed by atoms with van der Waals surface area (Å²) in [5.74, 6) is 1.09. The van der Waals surface area contributed by atoms with Gasteiger partial charge in [-0.1, -0.05) is 55.8 Å². The number of carbonyl (C=O) groups excluding carboxylic acids is 2. The molecule has 5 rings (SSSR count). The van der Waals surface area contributed by atoms with Crippen molar-refractivity contribution in [2.24, 2.45) is 5.92 Å². The third-order valence-corrected chi connectivity index (χ3v) is 7.18. The SMILES string of the molecule is Cc1ccc([C@H]2c3cc(OCc4nc(C(=O)NCCc5ccccn5)co4)ccc3CCN2C(=O)CC(C)C)cc1. The van der Waals surface area contributed by atoms with Gasteiger partial charge in [-0.15, -0.1) is 0 Å². The van der Waals surface area contributed by atoms with Gasteiger partial charge in [0.1, 0.15) is 12.0 Å². The van der Waals surface area contributed by atoms with E-state index < -0.39 is 0 Å². The minimum atomic E-state index is -0.309. The summed E-state index contributed by atoms with van der Waals surface area (Å²) in [7, 11) is 0. The number of hydrogen-bond donors (Lipinski definition) is 1. The monoisotopic (exact) mass is 552 g/mol. The fourth-order valence-electron chi connectivity index (χ4n) is 5.09. The van der Waals surface area contributed by atoms with Crippen molar-refractivity contribution in [1.29, 1.82) is 0 Å². The number of fused-ring (bicyclic) bond motifs is 1. The van der Waals surface area contributed by atoms with E-state index in [0.717, 1.165) is 23.2 Å². The highest BCUT2D eigenvalue weighted by molar-refractivity contribution is 5.91. The number of aryl methyl sites for hydroxylation is 1. The summed E-state index contributed by atoms with van der Waals surface area (Å²) in [5, 5.41) is 2.84. The number of rotatable bonds is 10. The Labute approximate surface area is 240 Å². The maximum absolute atomic E-state index is 13.3. The number of ether oxygens (including phenoxy) is 1. The second-order valence-electron chi connectivity index (χ2n) is 10.9. The molecule has 0 saturated heterocycles. The van der Waals surface area contributed by atoms with Crippen LogP contribution in [0.3, 0.4) is 0 Å². The number of amides is 2. The lowest BCUT2D eigenvalue weighted by molar-refractivity contribution is -0.134. The van der Waals surface area contributed by atoms with Crippen LogP contribution in [0.5, 0.6) is 5.75 Å². The van der Waals surface area contributed by atoms with E-state index in [-0.39, 0.29) is 36.1 Å². The van der Waals surface area contributed by atoms with Crippen molar-refractivity contribution in [2.75, 3.05) is 13.1 Å². The van der Waals surface area contributed by atoms with Crippen LogP contribution in [0.2, 0.25) is 0 Å². The molecule has 2 aromatic heterocycles. The van der Waals surface area contributed by atoms with Gasteiger partial charge in [0.15, 0.2) is 12.3 Å². The predicted molar refractivity (Wildman–Crippen MR) is 155 cm³/mol. The molecule has 8 nitrogen and oxygen atoms in total. The Morgan fingerprint density at radius 1 is 1.12 bits per heavy atom. The van der Waals surface area contributed by atoms with Crippen molar-refractivity contribution in [3.05, 3.63) is 113 Å². The predicted octanol–water partition coefficient (Wildman–Crippen LogP) is 5.45. The summed E-state index contributed by atoms with van der Waals surface area (Å²) in [6.07, 6.45) is 5.00. The van der Waals surface area contributed by atoms with Crippen molar-refractivity contribution >= 4 is 11.8 Å². The van der Waals surface area contributed by atoms with E-state index in [1.807, 2.05) is 35.2 Å². The van der Waals surface area contributed by atoms with Gasteiger partial charge in [0.2, 0.25) is 11.8 Å². The Morgan fingerprint density at radius 3 is 2.71 bits per heavy atom. The Morgan fingerprint density at radius 2 is 1.95 bits per heavy atom. The molecule has 1 atom stereocenters. The summed E-state index contributed by atoms with van der Waals surface area (Å²) < 4.78 is 11.6. The molecule has 2 aromatic carbocycles. The standard InChI is InChI=1S/C33H36N4O4/c1-22(2)18-31(38)37-17-14-24-11-12-27(19-28(24)32(37)25-9-7-23(3)8-10-25)40-21-30-36-29(20-41-30)33(39)35-16-13-26-6-4-5-15-34-26/h4-12,15,19-20,22,32H,13-14,16-18,21H2,1-3H3,(H,35,39)/t32-/m0/s1. The highest BCUT2D eigenvalue weighted by atomic mass is 16.5. The quantitative estimate of drug-likeness (QED) is 0.281. The van der Waals surface area contributed by atoms with Gasteiger partial charge in [-0.2, -0.15) is 0 Å². The fourth-order valence-corrected chi connectivity index (χ4v) is 5.09. The molecule has 1 aliphatic rings. The van der Waals surface area contributed by atoms with Crippen LogP contribution >= 0.6 is 0 Å². The minimum absolute atomic E-state index is 0.0746. The summed E-state index contributed by atoms with van der Waals surface area (Å²) in [5.41, 5.74) is 5.64. The number of oxazole rings is 1. The van der Waals surface area contributed by atoms with Crippen molar-refractivity contribution < 1.29 is 18.7 Å². The molecule has 3 heterocycles. The summed E-state index contributed by atoms with van der Waals surface area (Å²) >= 11 is 0. The third kappa shape index (κ3) is 7.01. The molecule has 0 aliphatic carbocycles. The summed E-state index contributed by atoms with van der Waals surface area (Å²) in [4.78, 5) is 36.4. The Hall–Kier alpha value is -4.46. The lowest BCUT2D eigenvalue weighted by Gasteiger charge is -2.38. The number of nitrogens with one attached hydrogen (secondary N) is 1. The highest BCUT2D eigenvalue weighted by Gasteiger charge is 2.32. The van der Waals surface area contributed by atoms with Gasteiger partial charge in [-0.05, 0) is 60.2 Å². The largest absolute Gasteiger partial charge is 0.484 e. The van der Waals surface area contributed by atoms with Crippen LogP contribution in [-0.2, 0) is 24.2 Å².